The fraction of sp³-hybridized carbons (Fsp3) is 0.429. The van der Waals surface area contributed by atoms with Crippen LogP contribution in [0.3, 0.4) is 0 Å². The van der Waals surface area contributed by atoms with Crippen molar-refractivity contribution in [1.29, 1.82) is 0 Å². The first-order valence-corrected chi connectivity index (χ1v) is 7.97. The monoisotopic (exact) mass is 300 g/mol. The second-order valence-corrected chi connectivity index (χ2v) is 5.95. The van der Waals surface area contributed by atoms with E-state index in [0.717, 1.165) is 22.6 Å². The van der Waals surface area contributed by atoms with E-state index in [1.807, 2.05) is 18.2 Å². The van der Waals surface area contributed by atoms with Gasteiger partial charge in [-0.2, -0.15) is 0 Å². The molecular weight excluding hydrogens is 268 g/mol. The fourth-order valence-corrected chi connectivity index (χ4v) is 1.77. The highest BCUT2D eigenvalue weighted by Gasteiger charge is 2.07. The van der Waals surface area contributed by atoms with Crippen LogP contribution in [0, 0.1) is 11.8 Å². The van der Waals surface area contributed by atoms with Crippen molar-refractivity contribution >= 4 is 0 Å². The maximum Gasteiger partial charge on any atom is 0.111 e. The summed E-state index contributed by atoms with van der Waals surface area (Å²) in [5, 5.41) is 0. The Morgan fingerprint density at radius 3 is 1.95 bits per heavy atom. The Morgan fingerprint density at radius 1 is 0.909 bits per heavy atom. The van der Waals surface area contributed by atoms with Gasteiger partial charge in [0.15, 0.2) is 0 Å². The van der Waals surface area contributed by atoms with Gasteiger partial charge in [0.25, 0.3) is 0 Å². The van der Waals surface area contributed by atoms with Gasteiger partial charge in [0.05, 0.1) is 7.11 Å². The summed E-state index contributed by atoms with van der Waals surface area (Å²) >= 11 is 0. The van der Waals surface area contributed by atoms with Crippen LogP contribution in [0.25, 0.3) is 0 Å². The number of hydrogen-bond acceptors (Lipinski definition) is 1. The standard InChI is InChI=1S/C21H32O/c1-9-16(2)10-11-17(3)18(4)12-13-19(5)20(6)14-15-21(7)22-8/h12-17H,4-7,9-11H2,1-3,8H3/b13-12-,15-14-. The highest BCUT2D eigenvalue weighted by molar-refractivity contribution is 5.45. The van der Waals surface area contributed by atoms with Gasteiger partial charge in [-0.25, -0.2) is 0 Å². The molecule has 0 bridgehead atoms. The first-order valence-electron chi connectivity index (χ1n) is 7.97. The Balaban J connectivity index is 4.41. The van der Waals surface area contributed by atoms with Crippen LogP contribution in [-0.2, 0) is 4.74 Å². The molecule has 0 aliphatic carbocycles. The normalized spacial score (nSPS) is 14.0. The molecule has 0 saturated carbocycles. The number of methoxy groups -OCH3 is 1. The minimum atomic E-state index is 0.495. The molecule has 1 heteroatoms. The van der Waals surface area contributed by atoms with E-state index < -0.39 is 0 Å². The Hall–Kier alpha value is -1.76. The molecule has 2 atom stereocenters. The van der Waals surface area contributed by atoms with Gasteiger partial charge < -0.3 is 4.74 Å². The average molecular weight is 300 g/mol. The van der Waals surface area contributed by atoms with E-state index in [-0.39, 0.29) is 0 Å². The lowest BCUT2D eigenvalue weighted by Gasteiger charge is -2.14. The molecule has 0 spiro atoms. The first kappa shape index (κ1) is 20.2. The molecule has 0 aliphatic heterocycles. The topological polar surface area (TPSA) is 9.23 Å². The van der Waals surface area contributed by atoms with Gasteiger partial charge in [-0.05, 0) is 35.5 Å². The number of ether oxygens (including phenoxy) is 1. The van der Waals surface area contributed by atoms with Crippen molar-refractivity contribution in [3.8, 4) is 0 Å². The van der Waals surface area contributed by atoms with Crippen molar-refractivity contribution in [2.24, 2.45) is 11.8 Å². The van der Waals surface area contributed by atoms with Crippen molar-refractivity contribution in [1.82, 2.24) is 0 Å². The van der Waals surface area contributed by atoms with Crippen LogP contribution in [0.4, 0.5) is 0 Å². The van der Waals surface area contributed by atoms with E-state index in [2.05, 4.69) is 47.1 Å². The quantitative estimate of drug-likeness (QED) is 0.317. The second kappa shape index (κ2) is 10.9. The molecule has 0 fully saturated rings. The van der Waals surface area contributed by atoms with Crippen LogP contribution in [0.1, 0.15) is 40.0 Å². The van der Waals surface area contributed by atoms with Gasteiger partial charge in [-0.3, -0.25) is 0 Å². The summed E-state index contributed by atoms with van der Waals surface area (Å²) in [6.07, 6.45) is 11.3. The molecule has 0 aliphatic rings. The molecule has 0 aromatic heterocycles. The lowest BCUT2D eigenvalue weighted by atomic mass is 9.91. The highest BCUT2D eigenvalue weighted by atomic mass is 16.5. The van der Waals surface area contributed by atoms with Gasteiger partial charge in [-0.15, -0.1) is 0 Å². The van der Waals surface area contributed by atoms with Crippen LogP contribution in [0.5, 0.6) is 0 Å². The third-order valence-corrected chi connectivity index (χ3v) is 4.07. The molecule has 0 amide bonds. The SMILES string of the molecule is C=C(/C=C\C(=C)C(=C)/C=C\C(=C)C(C)CCC(C)CC)OC. The maximum atomic E-state index is 4.98. The Labute approximate surface area is 137 Å². The van der Waals surface area contributed by atoms with Gasteiger partial charge in [0, 0.05) is 0 Å². The predicted molar refractivity (Wildman–Crippen MR) is 99.7 cm³/mol. The summed E-state index contributed by atoms with van der Waals surface area (Å²) in [5.74, 6) is 1.88. The molecule has 0 radical (unpaired) electrons. The molecule has 1 nitrogen and oxygen atoms in total. The lowest BCUT2D eigenvalue weighted by molar-refractivity contribution is 0.309. The second-order valence-electron chi connectivity index (χ2n) is 5.95. The Morgan fingerprint density at radius 2 is 1.45 bits per heavy atom. The molecule has 0 heterocycles. The zero-order valence-electron chi connectivity index (χ0n) is 14.8. The minimum Gasteiger partial charge on any atom is -0.497 e. The van der Waals surface area contributed by atoms with E-state index >= 15 is 0 Å². The van der Waals surface area contributed by atoms with Crippen LogP contribution in [0.15, 0.2) is 73.1 Å². The van der Waals surface area contributed by atoms with Crippen LogP contribution < -0.4 is 0 Å². The molecule has 122 valence electrons. The van der Waals surface area contributed by atoms with Gasteiger partial charge in [-0.1, -0.05) is 83.7 Å². The van der Waals surface area contributed by atoms with Crippen LogP contribution in [0.2, 0.25) is 0 Å². The zero-order chi connectivity index (χ0) is 17.1. The number of rotatable bonds is 11. The summed E-state index contributed by atoms with van der Waals surface area (Å²) in [5.41, 5.74) is 2.85. The van der Waals surface area contributed by atoms with Crippen molar-refractivity contribution in [2.45, 2.75) is 40.0 Å². The van der Waals surface area contributed by atoms with Gasteiger partial charge in [0.1, 0.15) is 5.76 Å². The van der Waals surface area contributed by atoms with E-state index in [1.165, 1.54) is 19.3 Å². The van der Waals surface area contributed by atoms with E-state index in [4.69, 9.17) is 4.74 Å². The first-order chi connectivity index (χ1) is 10.3. The van der Waals surface area contributed by atoms with Gasteiger partial charge in [0.2, 0.25) is 0 Å². The fourth-order valence-electron chi connectivity index (χ4n) is 1.77. The molecular formula is C21H32O. The molecule has 22 heavy (non-hydrogen) atoms. The van der Waals surface area contributed by atoms with E-state index in [1.54, 1.807) is 13.2 Å². The van der Waals surface area contributed by atoms with E-state index in [0.29, 0.717) is 11.7 Å². The predicted octanol–water partition coefficient (Wildman–Crippen LogP) is 6.39. The van der Waals surface area contributed by atoms with Crippen molar-refractivity contribution in [3.63, 3.8) is 0 Å². The van der Waals surface area contributed by atoms with Crippen LogP contribution >= 0.6 is 0 Å². The molecule has 0 rings (SSSR count). The van der Waals surface area contributed by atoms with E-state index in [9.17, 15) is 0 Å². The molecule has 2 unspecified atom stereocenters. The van der Waals surface area contributed by atoms with Crippen LogP contribution in [-0.4, -0.2) is 7.11 Å². The summed E-state index contributed by atoms with van der Waals surface area (Å²) in [6.45, 7) is 22.7. The number of allylic oxidation sites excluding steroid dienone is 7. The van der Waals surface area contributed by atoms with Crippen molar-refractivity contribution in [2.75, 3.05) is 7.11 Å². The summed E-state index contributed by atoms with van der Waals surface area (Å²) in [6, 6.07) is 0. The largest absolute Gasteiger partial charge is 0.497 e. The van der Waals surface area contributed by atoms with Crippen molar-refractivity contribution in [3.05, 3.63) is 73.1 Å². The Kier molecular flexibility index (Phi) is 10.0. The summed E-state index contributed by atoms with van der Waals surface area (Å²) < 4.78 is 4.98. The summed E-state index contributed by atoms with van der Waals surface area (Å²) in [7, 11) is 1.59. The lowest BCUT2D eigenvalue weighted by Crippen LogP contribution is -2.00. The summed E-state index contributed by atoms with van der Waals surface area (Å²) in [4.78, 5) is 0. The molecule has 0 saturated heterocycles. The highest BCUT2D eigenvalue weighted by Crippen LogP contribution is 2.21. The smallest absolute Gasteiger partial charge is 0.111 e. The molecule has 0 N–H and O–H groups in total. The number of hydrogen-bond donors (Lipinski definition) is 0. The third kappa shape index (κ3) is 8.51. The van der Waals surface area contributed by atoms with Crippen molar-refractivity contribution < 1.29 is 4.74 Å². The zero-order valence-corrected chi connectivity index (χ0v) is 14.8. The third-order valence-electron chi connectivity index (χ3n) is 4.07. The minimum absolute atomic E-state index is 0.495. The molecule has 0 aromatic rings. The Bertz CT molecular complexity index is 462. The maximum absolute atomic E-state index is 4.98. The average Bonchev–Trinajstić information content (AvgIpc) is 2.53. The van der Waals surface area contributed by atoms with Gasteiger partial charge >= 0.3 is 0 Å². The molecule has 0 aromatic carbocycles.